The largest absolute Gasteiger partial charge is 0.389 e. The second kappa shape index (κ2) is 6.43. The van der Waals surface area contributed by atoms with Crippen LogP contribution >= 0.6 is 24.0 Å². The van der Waals surface area contributed by atoms with Crippen LogP contribution in [0.25, 0.3) is 0 Å². The molecule has 6 heteroatoms. The monoisotopic (exact) mass is 286 g/mol. The van der Waals surface area contributed by atoms with E-state index in [1.54, 1.807) is 0 Å². The molecular weight excluding hydrogens is 264 g/mol. The van der Waals surface area contributed by atoms with E-state index in [1.165, 1.54) is 0 Å². The predicted molar refractivity (Wildman–Crippen MR) is 84.7 cm³/mol. The predicted octanol–water partition coefficient (Wildman–Crippen LogP) is 1.94. The summed E-state index contributed by atoms with van der Waals surface area (Å²) in [6.45, 7) is 4.14. The van der Waals surface area contributed by atoms with E-state index >= 15 is 0 Å². The Balaban J connectivity index is 3.18. The Kier molecular flexibility index (Phi) is 5.47. The summed E-state index contributed by atoms with van der Waals surface area (Å²) in [6, 6.07) is 0.461. The van der Waals surface area contributed by atoms with Gasteiger partial charge in [-0.05, 0) is 19.6 Å². The van der Waals surface area contributed by atoms with E-state index in [0.29, 0.717) is 11.0 Å². The third-order valence-electron chi connectivity index (χ3n) is 3.15. The Morgan fingerprint density at radius 1 is 1.61 bits per heavy atom. The summed E-state index contributed by atoms with van der Waals surface area (Å²) < 4.78 is 1.87. The lowest BCUT2D eigenvalue weighted by molar-refractivity contribution is 0.636. The summed E-state index contributed by atoms with van der Waals surface area (Å²) in [6.07, 6.45) is 3.21. The van der Waals surface area contributed by atoms with Crippen LogP contribution < -0.4 is 10.6 Å². The zero-order chi connectivity index (χ0) is 13.9. The number of nitrogens with zero attached hydrogens (tertiary/aromatic N) is 3. The second-order valence-electron chi connectivity index (χ2n) is 4.40. The van der Waals surface area contributed by atoms with Gasteiger partial charge in [-0.25, -0.2) is 0 Å². The molecule has 0 aliphatic carbocycles. The first-order valence-corrected chi connectivity index (χ1v) is 7.79. The van der Waals surface area contributed by atoms with Gasteiger partial charge in [0.25, 0.3) is 0 Å². The highest BCUT2D eigenvalue weighted by Gasteiger charge is 2.23. The van der Waals surface area contributed by atoms with E-state index in [2.05, 4.69) is 30.2 Å². The van der Waals surface area contributed by atoms with Crippen molar-refractivity contribution in [2.45, 2.75) is 26.3 Å². The molecule has 2 N–H and O–H groups in total. The van der Waals surface area contributed by atoms with Crippen molar-refractivity contribution in [3.8, 4) is 0 Å². The van der Waals surface area contributed by atoms with E-state index in [1.807, 2.05) is 30.4 Å². The SMILES string of the molecule is CCC(CSC)N(C)c1c(C(N)=S)c(C)nn1C. The van der Waals surface area contributed by atoms with Gasteiger partial charge in [0.1, 0.15) is 10.8 Å². The first-order valence-electron chi connectivity index (χ1n) is 5.99. The summed E-state index contributed by atoms with van der Waals surface area (Å²) in [5, 5.41) is 4.43. The highest BCUT2D eigenvalue weighted by atomic mass is 32.2. The summed E-state index contributed by atoms with van der Waals surface area (Å²) in [5.41, 5.74) is 7.62. The van der Waals surface area contributed by atoms with Crippen LogP contribution in [0.3, 0.4) is 0 Å². The summed E-state index contributed by atoms with van der Waals surface area (Å²) in [5.74, 6) is 2.09. The Bertz CT molecular complexity index is 428. The molecule has 0 fully saturated rings. The number of nitrogens with two attached hydrogens (primary N) is 1. The Hall–Kier alpha value is -0.750. The minimum atomic E-state index is 0.418. The second-order valence-corrected chi connectivity index (χ2v) is 5.75. The quantitative estimate of drug-likeness (QED) is 0.810. The van der Waals surface area contributed by atoms with E-state index in [4.69, 9.17) is 18.0 Å². The third-order valence-corrected chi connectivity index (χ3v) is 4.07. The average molecular weight is 286 g/mol. The molecule has 18 heavy (non-hydrogen) atoms. The van der Waals surface area contributed by atoms with Crippen molar-refractivity contribution in [1.29, 1.82) is 0 Å². The zero-order valence-corrected chi connectivity index (χ0v) is 13.4. The molecule has 0 saturated carbocycles. The van der Waals surface area contributed by atoms with Crippen LogP contribution in [0.2, 0.25) is 0 Å². The molecule has 4 nitrogen and oxygen atoms in total. The van der Waals surface area contributed by atoms with Gasteiger partial charge in [0.2, 0.25) is 0 Å². The average Bonchev–Trinajstić information content (AvgIpc) is 2.60. The van der Waals surface area contributed by atoms with Gasteiger partial charge in [-0.15, -0.1) is 0 Å². The number of aryl methyl sites for hydroxylation is 2. The maximum atomic E-state index is 5.83. The summed E-state index contributed by atoms with van der Waals surface area (Å²) >= 11 is 7.00. The molecule has 1 atom stereocenters. The normalized spacial score (nSPS) is 12.5. The first-order chi connectivity index (χ1) is 8.43. The molecule has 0 aliphatic heterocycles. The first kappa shape index (κ1) is 15.3. The Morgan fingerprint density at radius 2 is 2.22 bits per heavy atom. The number of hydrogen-bond donors (Lipinski definition) is 1. The van der Waals surface area contributed by atoms with Crippen LogP contribution in [0.15, 0.2) is 0 Å². The van der Waals surface area contributed by atoms with Crippen LogP contribution in [0.4, 0.5) is 5.82 Å². The highest BCUT2D eigenvalue weighted by molar-refractivity contribution is 7.98. The summed E-state index contributed by atoms with van der Waals surface area (Å²) in [7, 11) is 4.02. The van der Waals surface area contributed by atoms with Crippen molar-refractivity contribution in [3.63, 3.8) is 0 Å². The molecule has 0 amide bonds. The molecular formula is C12H22N4S2. The molecule has 0 saturated heterocycles. The van der Waals surface area contributed by atoms with Crippen LogP contribution in [-0.2, 0) is 7.05 Å². The van der Waals surface area contributed by atoms with Crippen LogP contribution in [-0.4, -0.2) is 39.9 Å². The van der Waals surface area contributed by atoms with E-state index < -0.39 is 0 Å². The fourth-order valence-electron chi connectivity index (χ4n) is 2.21. The van der Waals surface area contributed by atoms with Crippen molar-refractivity contribution in [3.05, 3.63) is 11.3 Å². The van der Waals surface area contributed by atoms with Crippen LogP contribution in [0.5, 0.6) is 0 Å². The molecule has 0 radical (unpaired) electrons. The molecule has 0 bridgehead atoms. The van der Waals surface area contributed by atoms with Crippen molar-refractivity contribution in [2.75, 3.05) is 24.0 Å². The molecule has 0 spiro atoms. The van der Waals surface area contributed by atoms with Gasteiger partial charge in [-0.3, -0.25) is 4.68 Å². The highest BCUT2D eigenvalue weighted by Crippen LogP contribution is 2.25. The van der Waals surface area contributed by atoms with Crippen molar-refractivity contribution in [1.82, 2.24) is 9.78 Å². The fraction of sp³-hybridized carbons (Fsp3) is 0.667. The minimum Gasteiger partial charge on any atom is -0.389 e. The molecule has 1 unspecified atom stereocenters. The molecule has 1 aromatic heterocycles. The van der Waals surface area contributed by atoms with Gasteiger partial charge in [-0.1, -0.05) is 19.1 Å². The van der Waals surface area contributed by atoms with E-state index in [-0.39, 0.29) is 0 Å². The van der Waals surface area contributed by atoms with Crippen molar-refractivity contribution < 1.29 is 0 Å². The lowest BCUT2D eigenvalue weighted by Crippen LogP contribution is -2.35. The smallest absolute Gasteiger partial charge is 0.137 e. The number of thioether (sulfide) groups is 1. The number of anilines is 1. The Labute approximate surface area is 119 Å². The molecule has 0 aromatic carbocycles. The lowest BCUT2D eigenvalue weighted by Gasteiger charge is -2.29. The molecule has 1 heterocycles. The number of rotatable bonds is 6. The zero-order valence-electron chi connectivity index (χ0n) is 11.7. The van der Waals surface area contributed by atoms with Gasteiger partial charge in [0.05, 0.1) is 11.3 Å². The van der Waals surface area contributed by atoms with Crippen molar-refractivity contribution >= 4 is 34.8 Å². The Morgan fingerprint density at radius 3 is 2.67 bits per heavy atom. The number of hydrogen-bond acceptors (Lipinski definition) is 4. The maximum Gasteiger partial charge on any atom is 0.137 e. The van der Waals surface area contributed by atoms with E-state index in [0.717, 1.165) is 29.2 Å². The standard InChI is InChI=1S/C12H22N4S2/c1-6-9(7-18-5)15(3)12-10(11(13)17)8(2)14-16(12)4/h9H,6-7H2,1-5H3,(H2,13,17). The third kappa shape index (κ3) is 2.98. The molecule has 102 valence electrons. The number of thiocarbonyl (C=S) groups is 1. The molecule has 1 rings (SSSR count). The van der Waals surface area contributed by atoms with Gasteiger partial charge < -0.3 is 10.6 Å². The molecule has 1 aromatic rings. The minimum absolute atomic E-state index is 0.418. The topological polar surface area (TPSA) is 47.1 Å². The van der Waals surface area contributed by atoms with Crippen LogP contribution in [0, 0.1) is 6.92 Å². The van der Waals surface area contributed by atoms with Crippen LogP contribution in [0.1, 0.15) is 24.6 Å². The van der Waals surface area contributed by atoms with Crippen molar-refractivity contribution in [2.24, 2.45) is 12.8 Å². The maximum absolute atomic E-state index is 5.83. The van der Waals surface area contributed by atoms with Gasteiger partial charge in [0, 0.05) is 25.9 Å². The fourth-order valence-corrected chi connectivity index (χ4v) is 3.29. The lowest BCUT2D eigenvalue weighted by atomic mass is 10.2. The number of aromatic nitrogens is 2. The summed E-state index contributed by atoms with van der Waals surface area (Å²) in [4.78, 5) is 2.66. The van der Waals surface area contributed by atoms with E-state index in [9.17, 15) is 0 Å². The van der Waals surface area contributed by atoms with Gasteiger partial charge >= 0.3 is 0 Å². The molecule has 0 aliphatic rings. The van der Waals surface area contributed by atoms with Gasteiger partial charge in [0.15, 0.2) is 0 Å². The van der Waals surface area contributed by atoms with Gasteiger partial charge in [-0.2, -0.15) is 16.9 Å².